The Morgan fingerprint density at radius 1 is 1.10 bits per heavy atom. The molecule has 0 unspecified atom stereocenters. The van der Waals surface area contributed by atoms with E-state index in [0.717, 1.165) is 38.5 Å². The van der Waals surface area contributed by atoms with Crippen molar-refractivity contribution < 1.29 is 22.5 Å². The van der Waals surface area contributed by atoms with Gasteiger partial charge >= 0.3 is 6.43 Å². The fourth-order valence-electron chi connectivity index (χ4n) is 8.43. The van der Waals surface area contributed by atoms with Crippen molar-refractivity contribution in [2.24, 2.45) is 17.9 Å². The number of fused-ring (bicyclic) bond motifs is 3. The molecule has 216 valence electrons. The van der Waals surface area contributed by atoms with Crippen molar-refractivity contribution in [2.45, 2.75) is 94.1 Å². The maximum Gasteiger partial charge on any atom is 0.315 e. The van der Waals surface area contributed by atoms with Crippen LogP contribution in [0.4, 0.5) is 18.9 Å². The average Bonchev–Trinajstić information content (AvgIpc) is 3.51. The number of nitrogens with zero attached hydrogens (tertiary/aromatic N) is 5. The SMILES string of the molecule is Cn1nc(C23CCC(CN(C(=O)C45CC(F)(C4)C5)c4cccc(-c5noc(C(F)F)n5)c4)(CC2)CC3)cc1C1CC1. The van der Waals surface area contributed by atoms with Crippen LogP contribution in [0.2, 0.25) is 0 Å². The van der Waals surface area contributed by atoms with Crippen molar-refractivity contribution in [2.75, 3.05) is 11.4 Å². The van der Waals surface area contributed by atoms with Crippen LogP contribution in [0.1, 0.15) is 100 Å². The van der Waals surface area contributed by atoms with Gasteiger partial charge in [-0.05, 0) is 94.2 Å². The van der Waals surface area contributed by atoms with E-state index in [1.165, 1.54) is 24.2 Å². The maximum absolute atomic E-state index is 14.5. The number of carbonyl (C=O) groups is 1. The lowest BCUT2D eigenvalue weighted by Gasteiger charge is -2.65. The van der Waals surface area contributed by atoms with Crippen molar-refractivity contribution >= 4 is 11.6 Å². The molecule has 1 amide bonds. The number of benzene rings is 1. The topological polar surface area (TPSA) is 77.0 Å². The zero-order valence-corrected chi connectivity index (χ0v) is 23.2. The van der Waals surface area contributed by atoms with E-state index in [9.17, 15) is 18.0 Å². The third kappa shape index (κ3) is 3.91. The van der Waals surface area contributed by atoms with Crippen molar-refractivity contribution in [1.29, 1.82) is 0 Å². The molecule has 4 bridgehead atoms. The van der Waals surface area contributed by atoms with Crippen molar-refractivity contribution in [3.8, 4) is 11.4 Å². The number of aryl methyl sites for hydroxylation is 1. The monoisotopic (exact) mass is 565 g/mol. The molecule has 3 aromatic rings. The van der Waals surface area contributed by atoms with Gasteiger partial charge in [-0.2, -0.15) is 18.9 Å². The number of amides is 1. The maximum atomic E-state index is 14.5. The number of carbonyl (C=O) groups excluding carboxylic acids is 1. The lowest BCUT2D eigenvalue weighted by atomic mass is 9.41. The lowest BCUT2D eigenvalue weighted by Crippen LogP contribution is -2.71. The molecule has 10 rings (SSSR count). The van der Waals surface area contributed by atoms with E-state index in [1.807, 2.05) is 11.0 Å². The Labute approximate surface area is 236 Å². The second-order valence-corrected chi connectivity index (χ2v) is 13.8. The highest BCUT2D eigenvalue weighted by atomic mass is 19.3. The summed E-state index contributed by atoms with van der Waals surface area (Å²) in [6, 6.07) is 9.50. The van der Waals surface area contributed by atoms with Gasteiger partial charge in [-0.3, -0.25) is 9.48 Å². The molecule has 0 N–H and O–H groups in total. The van der Waals surface area contributed by atoms with Crippen LogP contribution in [-0.4, -0.2) is 38.0 Å². The molecule has 0 radical (unpaired) electrons. The molecule has 2 heterocycles. The highest BCUT2D eigenvalue weighted by Gasteiger charge is 2.73. The molecular weight excluding hydrogens is 531 g/mol. The summed E-state index contributed by atoms with van der Waals surface area (Å²) in [5.41, 5.74) is 2.04. The van der Waals surface area contributed by atoms with E-state index in [0.29, 0.717) is 23.7 Å². The molecule has 41 heavy (non-hydrogen) atoms. The highest BCUT2D eigenvalue weighted by Crippen LogP contribution is 2.70. The van der Waals surface area contributed by atoms with Crippen molar-refractivity contribution in [3.05, 3.63) is 47.6 Å². The summed E-state index contributed by atoms with van der Waals surface area (Å²) in [6.07, 6.45) is 6.69. The summed E-state index contributed by atoms with van der Waals surface area (Å²) >= 11 is 0. The van der Waals surface area contributed by atoms with Crippen molar-refractivity contribution in [3.63, 3.8) is 0 Å². The minimum absolute atomic E-state index is 0.0204. The Hall–Kier alpha value is -3.17. The molecule has 0 saturated heterocycles. The Bertz CT molecular complexity index is 1500. The molecule has 7 nitrogen and oxygen atoms in total. The van der Waals surface area contributed by atoms with E-state index in [2.05, 4.69) is 27.9 Å². The Morgan fingerprint density at radius 2 is 1.80 bits per heavy atom. The van der Waals surface area contributed by atoms with Gasteiger partial charge in [0.05, 0.1) is 11.1 Å². The van der Waals surface area contributed by atoms with Gasteiger partial charge in [0.25, 0.3) is 5.89 Å². The quantitative estimate of drug-likeness (QED) is 0.300. The summed E-state index contributed by atoms with van der Waals surface area (Å²) in [6.45, 7) is 0.566. The van der Waals surface area contributed by atoms with Crippen LogP contribution in [-0.2, 0) is 17.3 Å². The third-order valence-electron chi connectivity index (χ3n) is 11.1. The third-order valence-corrected chi connectivity index (χ3v) is 11.1. The van der Waals surface area contributed by atoms with Gasteiger partial charge in [-0.25, -0.2) is 4.39 Å². The van der Waals surface area contributed by atoms with Gasteiger partial charge < -0.3 is 9.42 Å². The number of hydrogen-bond acceptors (Lipinski definition) is 5. The lowest BCUT2D eigenvalue weighted by molar-refractivity contribution is -0.211. The molecule has 1 aromatic carbocycles. The number of halogens is 3. The first-order valence-corrected chi connectivity index (χ1v) is 14.9. The second kappa shape index (κ2) is 8.44. The van der Waals surface area contributed by atoms with Crippen LogP contribution in [0.5, 0.6) is 0 Å². The van der Waals surface area contributed by atoms with Crippen LogP contribution < -0.4 is 4.90 Å². The number of alkyl halides is 3. The number of aromatic nitrogens is 4. The molecule has 2 aromatic heterocycles. The van der Waals surface area contributed by atoms with Crippen LogP contribution in [0.3, 0.4) is 0 Å². The fraction of sp³-hybridized carbons (Fsp3) is 0.613. The molecule has 7 fully saturated rings. The molecule has 0 aliphatic heterocycles. The minimum atomic E-state index is -2.86. The summed E-state index contributed by atoms with van der Waals surface area (Å²) in [5.74, 6) is -0.0355. The van der Waals surface area contributed by atoms with E-state index < -0.39 is 23.4 Å². The summed E-state index contributed by atoms with van der Waals surface area (Å²) < 4.78 is 47.5. The normalized spacial score (nSPS) is 33.5. The first-order chi connectivity index (χ1) is 19.6. The zero-order chi connectivity index (χ0) is 28.2. The van der Waals surface area contributed by atoms with E-state index in [1.54, 1.807) is 18.2 Å². The van der Waals surface area contributed by atoms with Gasteiger partial charge in [0.15, 0.2) is 0 Å². The number of hydrogen-bond donors (Lipinski definition) is 0. The Balaban J connectivity index is 1.07. The molecule has 7 aliphatic carbocycles. The number of anilines is 1. The van der Waals surface area contributed by atoms with Crippen LogP contribution in [0.25, 0.3) is 11.4 Å². The van der Waals surface area contributed by atoms with E-state index in [4.69, 9.17) is 9.62 Å². The molecular formula is C31H34F3N5O2. The Morgan fingerprint density at radius 3 is 2.41 bits per heavy atom. The standard InChI is InChI=1S/C31H34F3N5O2/c1-38-22(19-5-6-19)14-23(36-38)29-10-7-28(8-11-29,9-12-29)18-39(27(40)30-15-31(34,16-30)17-30)21-4-2-3-20(13-21)25-35-26(24(32)33)41-37-25/h2-4,13-14,19,24H,5-12,15-18H2,1H3. The van der Waals surface area contributed by atoms with Crippen LogP contribution in [0, 0.1) is 10.8 Å². The fourth-order valence-corrected chi connectivity index (χ4v) is 8.43. The summed E-state index contributed by atoms with van der Waals surface area (Å²) in [4.78, 5) is 19.8. The second-order valence-electron chi connectivity index (χ2n) is 13.8. The molecule has 7 saturated carbocycles. The first-order valence-electron chi connectivity index (χ1n) is 14.9. The molecule has 0 spiro atoms. The van der Waals surface area contributed by atoms with Gasteiger partial charge in [0, 0.05) is 41.9 Å². The highest BCUT2D eigenvalue weighted by molar-refractivity contribution is 6.00. The Kier molecular flexibility index (Phi) is 5.26. The first kappa shape index (κ1) is 25.5. The van der Waals surface area contributed by atoms with Gasteiger partial charge in [-0.15, -0.1) is 0 Å². The molecule has 7 aliphatic rings. The van der Waals surface area contributed by atoms with Gasteiger partial charge in [-0.1, -0.05) is 17.3 Å². The summed E-state index contributed by atoms with van der Waals surface area (Å²) in [7, 11) is 2.07. The van der Waals surface area contributed by atoms with E-state index in [-0.39, 0.29) is 41.8 Å². The van der Waals surface area contributed by atoms with Gasteiger partial charge in [0.1, 0.15) is 5.67 Å². The van der Waals surface area contributed by atoms with E-state index >= 15 is 0 Å². The predicted molar refractivity (Wildman–Crippen MR) is 144 cm³/mol. The van der Waals surface area contributed by atoms with Crippen molar-refractivity contribution in [1.82, 2.24) is 19.9 Å². The average molecular weight is 566 g/mol. The van der Waals surface area contributed by atoms with Crippen LogP contribution in [0.15, 0.2) is 34.9 Å². The van der Waals surface area contributed by atoms with Gasteiger partial charge in [0.2, 0.25) is 11.7 Å². The minimum Gasteiger partial charge on any atom is -0.333 e. The zero-order valence-electron chi connectivity index (χ0n) is 23.2. The van der Waals surface area contributed by atoms with Crippen LogP contribution >= 0.6 is 0 Å². The smallest absolute Gasteiger partial charge is 0.315 e. The predicted octanol–water partition coefficient (Wildman–Crippen LogP) is 6.80. The largest absolute Gasteiger partial charge is 0.333 e. The number of rotatable bonds is 8. The summed E-state index contributed by atoms with van der Waals surface area (Å²) in [5, 5.41) is 8.72. The molecule has 10 heteroatoms. The molecule has 0 atom stereocenters.